The fourth-order valence-corrected chi connectivity index (χ4v) is 2.40. The van der Waals surface area contributed by atoms with E-state index in [2.05, 4.69) is 25.0 Å². The van der Waals surface area contributed by atoms with Crippen molar-refractivity contribution < 1.29 is 18.7 Å². The lowest BCUT2D eigenvalue weighted by Gasteiger charge is -2.21. The summed E-state index contributed by atoms with van der Waals surface area (Å²) in [5.74, 6) is 0.440. The van der Waals surface area contributed by atoms with Crippen LogP contribution in [0.5, 0.6) is 0 Å². The van der Waals surface area contributed by atoms with Gasteiger partial charge in [-0.25, -0.2) is 4.79 Å². The quantitative estimate of drug-likeness (QED) is 0.412. The topological polar surface area (TPSA) is 56.8 Å². The van der Waals surface area contributed by atoms with E-state index in [-0.39, 0.29) is 13.2 Å². The number of ether oxygens (including phenoxy) is 2. The summed E-state index contributed by atoms with van der Waals surface area (Å²) in [5, 5.41) is 2.66. The van der Waals surface area contributed by atoms with Crippen molar-refractivity contribution in [1.29, 1.82) is 0 Å². The summed E-state index contributed by atoms with van der Waals surface area (Å²) in [6.45, 7) is 9.10. The first-order valence-corrected chi connectivity index (χ1v) is 11.4. The molecule has 1 aromatic carbocycles. The van der Waals surface area contributed by atoms with Crippen molar-refractivity contribution in [2.24, 2.45) is 0 Å². The predicted octanol–water partition coefficient (Wildman–Crippen LogP) is 4.20. The number of alkyl carbamates (subject to hydrolysis) is 1. The van der Waals surface area contributed by atoms with Crippen LogP contribution >= 0.6 is 0 Å². The Hall–Kier alpha value is -2.21. The lowest BCUT2D eigenvalue weighted by Crippen LogP contribution is -2.28. The number of benzene rings is 1. The molecule has 0 saturated carbocycles. The van der Waals surface area contributed by atoms with E-state index >= 15 is 0 Å². The third-order valence-corrected chi connectivity index (χ3v) is 3.51. The van der Waals surface area contributed by atoms with Gasteiger partial charge in [0.05, 0.1) is 0 Å². The van der Waals surface area contributed by atoms with E-state index < -0.39 is 14.4 Å². The molecular formula is C18H27NO4Si. The molecule has 0 aromatic heterocycles. The molecule has 0 aliphatic rings. The molecule has 1 N–H and O–H groups in total. The Morgan fingerprint density at radius 2 is 1.88 bits per heavy atom. The summed E-state index contributed by atoms with van der Waals surface area (Å²) >= 11 is 0. The lowest BCUT2D eigenvalue weighted by atomic mass is 10.2. The Kier molecular flexibility index (Phi) is 8.71. The molecule has 0 atom stereocenters. The molecular weight excluding hydrogens is 322 g/mol. The maximum absolute atomic E-state index is 11.7. The van der Waals surface area contributed by atoms with E-state index in [1.165, 1.54) is 0 Å². The lowest BCUT2D eigenvalue weighted by molar-refractivity contribution is 0.120. The molecule has 0 radical (unpaired) electrons. The molecule has 0 unspecified atom stereocenters. The van der Waals surface area contributed by atoms with Gasteiger partial charge in [-0.1, -0.05) is 42.5 Å². The Labute approximate surface area is 145 Å². The van der Waals surface area contributed by atoms with Crippen LogP contribution < -0.4 is 5.32 Å². The molecule has 0 aliphatic heterocycles. The van der Waals surface area contributed by atoms with Crippen LogP contribution in [0, 0.1) is 0 Å². The monoisotopic (exact) mass is 349 g/mol. The van der Waals surface area contributed by atoms with Gasteiger partial charge in [0.2, 0.25) is 8.32 Å². The molecule has 0 saturated heterocycles. The van der Waals surface area contributed by atoms with Crippen molar-refractivity contribution >= 4 is 14.4 Å². The van der Waals surface area contributed by atoms with Crippen LogP contribution in [-0.4, -0.2) is 27.6 Å². The summed E-state index contributed by atoms with van der Waals surface area (Å²) in [6, 6.07) is 9.54. The normalized spacial score (nSPS) is 12.1. The SMILES string of the molecule is C/C=C/CO/C(=C/CNC(=O)OCc1ccccc1)O[Si](C)(C)C. The maximum Gasteiger partial charge on any atom is 0.407 e. The summed E-state index contributed by atoms with van der Waals surface area (Å²) in [6.07, 6.45) is 5.04. The number of carbonyl (C=O) groups excluding carboxylic acids is 1. The standard InChI is InChI=1S/C18H27NO4Si/c1-5-6-14-21-17(23-24(2,3)4)12-13-19-18(20)22-15-16-10-8-7-9-11-16/h5-12H,13-15H2,1-4H3,(H,19,20)/b6-5+,17-12-. The minimum atomic E-state index is -1.78. The van der Waals surface area contributed by atoms with Crippen LogP contribution in [0.15, 0.2) is 54.5 Å². The van der Waals surface area contributed by atoms with Crippen molar-refractivity contribution in [3.63, 3.8) is 0 Å². The molecule has 1 amide bonds. The second kappa shape index (κ2) is 10.5. The Morgan fingerprint density at radius 1 is 1.17 bits per heavy atom. The molecule has 1 rings (SSSR count). The summed E-state index contributed by atoms with van der Waals surface area (Å²) in [7, 11) is -1.78. The Balaban J connectivity index is 2.42. The van der Waals surface area contributed by atoms with Crippen molar-refractivity contribution in [2.45, 2.75) is 33.2 Å². The van der Waals surface area contributed by atoms with E-state index in [0.29, 0.717) is 12.6 Å². The van der Waals surface area contributed by atoms with Crippen LogP contribution in [0.3, 0.4) is 0 Å². The first-order chi connectivity index (χ1) is 11.4. The van der Waals surface area contributed by atoms with Gasteiger partial charge in [0.1, 0.15) is 13.2 Å². The highest BCUT2D eigenvalue weighted by molar-refractivity contribution is 6.69. The van der Waals surface area contributed by atoms with Crippen molar-refractivity contribution in [1.82, 2.24) is 5.32 Å². The summed E-state index contributed by atoms with van der Waals surface area (Å²) < 4.78 is 16.6. The molecule has 0 bridgehead atoms. The second-order valence-electron chi connectivity index (χ2n) is 6.06. The van der Waals surface area contributed by atoms with Crippen molar-refractivity contribution in [2.75, 3.05) is 13.2 Å². The zero-order valence-corrected chi connectivity index (χ0v) is 15.9. The van der Waals surface area contributed by atoms with Gasteiger partial charge in [-0.05, 0) is 32.1 Å². The highest BCUT2D eigenvalue weighted by Crippen LogP contribution is 2.11. The molecule has 0 heterocycles. The number of allylic oxidation sites excluding steroid dienone is 1. The molecule has 1 aromatic rings. The van der Waals surface area contributed by atoms with Crippen molar-refractivity contribution in [3.8, 4) is 0 Å². The average molecular weight is 350 g/mol. The maximum atomic E-state index is 11.7. The van der Waals surface area contributed by atoms with Crippen molar-refractivity contribution in [3.05, 3.63) is 60.1 Å². The zero-order valence-electron chi connectivity index (χ0n) is 14.9. The summed E-state index contributed by atoms with van der Waals surface area (Å²) in [4.78, 5) is 11.7. The van der Waals surface area contributed by atoms with Crippen LogP contribution in [0.25, 0.3) is 0 Å². The van der Waals surface area contributed by atoms with E-state index in [4.69, 9.17) is 13.9 Å². The minimum absolute atomic E-state index is 0.243. The fourth-order valence-electron chi connectivity index (χ4n) is 1.65. The fraction of sp³-hybridized carbons (Fsp3) is 0.389. The van der Waals surface area contributed by atoms with E-state index in [9.17, 15) is 4.79 Å². The van der Waals surface area contributed by atoms with Gasteiger partial charge in [0, 0.05) is 12.6 Å². The van der Waals surface area contributed by atoms with Crippen LogP contribution in [-0.2, 0) is 20.5 Å². The summed E-state index contributed by atoms with van der Waals surface area (Å²) in [5.41, 5.74) is 0.945. The Morgan fingerprint density at radius 3 is 2.50 bits per heavy atom. The average Bonchev–Trinajstić information content (AvgIpc) is 2.52. The minimum Gasteiger partial charge on any atom is -0.520 e. The number of hydrogen-bond donors (Lipinski definition) is 1. The molecule has 132 valence electrons. The molecule has 5 nitrogen and oxygen atoms in total. The number of nitrogens with one attached hydrogen (secondary N) is 1. The van der Waals surface area contributed by atoms with Gasteiger partial charge in [-0.2, -0.15) is 0 Å². The predicted molar refractivity (Wildman–Crippen MR) is 97.9 cm³/mol. The van der Waals surface area contributed by atoms with Crippen LogP contribution in [0.4, 0.5) is 4.79 Å². The van der Waals surface area contributed by atoms with Crippen LogP contribution in [0.2, 0.25) is 19.6 Å². The molecule has 0 fully saturated rings. The number of hydrogen-bond acceptors (Lipinski definition) is 4. The van der Waals surface area contributed by atoms with E-state index in [1.54, 1.807) is 6.08 Å². The Bertz CT molecular complexity index is 550. The largest absolute Gasteiger partial charge is 0.520 e. The van der Waals surface area contributed by atoms with Gasteiger partial charge in [0.25, 0.3) is 5.95 Å². The van der Waals surface area contributed by atoms with Gasteiger partial charge in [-0.3, -0.25) is 0 Å². The van der Waals surface area contributed by atoms with Gasteiger partial charge >= 0.3 is 6.09 Å². The highest BCUT2D eigenvalue weighted by atomic mass is 28.4. The van der Waals surface area contributed by atoms with Gasteiger partial charge in [0.15, 0.2) is 0 Å². The van der Waals surface area contributed by atoms with E-state index in [1.807, 2.05) is 49.4 Å². The van der Waals surface area contributed by atoms with Crippen LogP contribution in [0.1, 0.15) is 12.5 Å². The van der Waals surface area contributed by atoms with E-state index in [0.717, 1.165) is 5.56 Å². The number of carbonyl (C=O) groups is 1. The highest BCUT2D eigenvalue weighted by Gasteiger charge is 2.18. The second-order valence-corrected chi connectivity index (χ2v) is 10.5. The molecule has 0 spiro atoms. The third kappa shape index (κ3) is 9.73. The number of amides is 1. The first-order valence-electron chi connectivity index (χ1n) is 7.98. The molecule has 0 aliphatic carbocycles. The number of rotatable bonds is 9. The van der Waals surface area contributed by atoms with Gasteiger partial charge < -0.3 is 19.2 Å². The molecule has 24 heavy (non-hydrogen) atoms. The first kappa shape index (κ1) is 19.8. The van der Waals surface area contributed by atoms with Gasteiger partial charge in [-0.15, -0.1) is 0 Å². The molecule has 6 heteroatoms. The zero-order chi connectivity index (χ0) is 17.8. The third-order valence-electron chi connectivity index (χ3n) is 2.69. The smallest absolute Gasteiger partial charge is 0.407 e.